The van der Waals surface area contributed by atoms with E-state index in [4.69, 9.17) is 14.2 Å². The summed E-state index contributed by atoms with van der Waals surface area (Å²) in [6.07, 6.45) is -5.97. The molecule has 40 heavy (non-hydrogen) atoms. The molecule has 4 rings (SSSR count). The number of imide groups is 1. The zero-order valence-electron chi connectivity index (χ0n) is 21.6. The van der Waals surface area contributed by atoms with Crippen LogP contribution < -0.4 is 19.5 Å². The molecule has 2 aromatic carbocycles. The summed E-state index contributed by atoms with van der Waals surface area (Å²) < 4.78 is 82.7. The van der Waals surface area contributed by atoms with Crippen LogP contribution in [0.3, 0.4) is 0 Å². The fraction of sp³-hybridized carbons (Fsp3) is 0.407. The van der Waals surface area contributed by atoms with E-state index in [0.29, 0.717) is 23.5 Å². The van der Waals surface area contributed by atoms with E-state index in [-0.39, 0.29) is 37.7 Å². The molecule has 13 heteroatoms. The van der Waals surface area contributed by atoms with Gasteiger partial charge in [0.15, 0.2) is 11.5 Å². The van der Waals surface area contributed by atoms with E-state index >= 15 is 0 Å². The molecule has 0 radical (unpaired) electrons. The summed E-state index contributed by atoms with van der Waals surface area (Å²) in [4.78, 5) is 26.7. The van der Waals surface area contributed by atoms with E-state index < -0.39 is 41.2 Å². The third kappa shape index (κ3) is 5.17. The van der Waals surface area contributed by atoms with Crippen molar-refractivity contribution in [2.75, 3.05) is 19.9 Å². The van der Waals surface area contributed by atoms with Crippen LogP contribution in [0, 0.1) is 0 Å². The van der Waals surface area contributed by atoms with Crippen molar-refractivity contribution >= 4 is 11.9 Å². The van der Waals surface area contributed by atoms with E-state index in [1.165, 1.54) is 12.2 Å². The van der Waals surface area contributed by atoms with Gasteiger partial charge in [0.25, 0.3) is 12.3 Å². The first-order valence-corrected chi connectivity index (χ1v) is 12.4. The van der Waals surface area contributed by atoms with Crippen molar-refractivity contribution in [3.63, 3.8) is 0 Å². The Morgan fingerprint density at radius 3 is 2.52 bits per heavy atom. The molecule has 2 N–H and O–H groups in total. The third-order valence-electron chi connectivity index (χ3n) is 6.78. The normalized spacial score (nSPS) is 20.4. The summed E-state index contributed by atoms with van der Waals surface area (Å²) in [7, 11) is 0. The van der Waals surface area contributed by atoms with Crippen molar-refractivity contribution in [3.8, 4) is 17.2 Å². The van der Waals surface area contributed by atoms with E-state index in [1.54, 1.807) is 32.0 Å². The second-order valence-corrected chi connectivity index (χ2v) is 9.46. The van der Waals surface area contributed by atoms with Crippen molar-refractivity contribution in [2.24, 2.45) is 0 Å². The number of hydrogen-bond acceptors (Lipinski definition) is 6. The number of ether oxygens (including phenoxy) is 3. The second kappa shape index (κ2) is 11.0. The number of alkyl halides is 5. The quantitative estimate of drug-likeness (QED) is 0.242. The predicted octanol–water partition coefficient (Wildman–Crippen LogP) is 4.79. The monoisotopic (exact) mass is 570 g/mol. The minimum Gasteiger partial charge on any atom is -0.489 e. The van der Waals surface area contributed by atoms with Gasteiger partial charge in [0.05, 0.1) is 0 Å². The number of hydrogen-bond donors (Lipinski definition) is 2. The number of aryl methyl sites for hydroxylation is 1. The molecule has 1 saturated heterocycles. The highest BCUT2D eigenvalue weighted by atomic mass is 19.4. The fourth-order valence-corrected chi connectivity index (χ4v) is 4.49. The maximum absolute atomic E-state index is 13.3. The van der Waals surface area contributed by atoms with Gasteiger partial charge < -0.3 is 24.6 Å². The van der Waals surface area contributed by atoms with Gasteiger partial charge in [-0.15, -0.1) is 0 Å². The molecule has 2 atom stereocenters. The first-order valence-electron chi connectivity index (χ1n) is 12.4. The van der Waals surface area contributed by atoms with Gasteiger partial charge in [-0.3, -0.25) is 9.69 Å². The lowest BCUT2D eigenvalue weighted by atomic mass is 9.91. The van der Waals surface area contributed by atoms with Crippen LogP contribution in [0.5, 0.6) is 17.2 Å². The molecular formula is C27H27F5N2O6. The molecule has 3 amide bonds. The van der Waals surface area contributed by atoms with Crippen molar-refractivity contribution in [1.82, 2.24) is 10.2 Å². The van der Waals surface area contributed by atoms with Crippen LogP contribution in [0.25, 0.3) is 0 Å². The maximum Gasteiger partial charge on any atom is 0.427 e. The number of carbonyl (C=O) groups is 2. The molecule has 0 saturated carbocycles. The second-order valence-electron chi connectivity index (χ2n) is 9.46. The first kappa shape index (κ1) is 29.1. The Morgan fingerprint density at radius 1 is 1.12 bits per heavy atom. The third-order valence-corrected chi connectivity index (χ3v) is 6.78. The van der Waals surface area contributed by atoms with Gasteiger partial charge in [-0.05, 0) is 60.4 Å². The number of aliphatic hydroxyl groups is 1. The van der Waals surface area contributed by atoms with Crippen LogP contribution in [0.2, 0.25) is 0 Å². The smallest absolute Gasteiger partial charge is 0.427 e. The van der Waals surface area contributed by atoms with Crippen molar-refractivity contribution in [3.05, 3.63) is 65.2 Å². The molecule has 2 unspecified atom stereocenters. The zero-order chi connectivity index (χ0) is 29.3. The molecule has 0 aliphatic carbocycles. The van der Waals surface area contributed by atoms with Gasteiger partial charge in [0, 0.05) is 6.54 Å². The average molecular weight is 571 g/mol. The number of amides is 3. The Balaban J connectivity index is 1.41. The number of urea groups is 1. The molecule has 2 aliphatic heterocycles. The van der Waals surface area contributed by atoms with Gasteiger partial charge in [-0.1, -0.05) is 31.6 Å². The summed E-state index contributed by atoms with van der Waals surface area (Å²) in [6, 6.07) is 7.06. The van der Waals surface area contributed by atoms with Crippen LogP contribution in [-0.4, -0.2) is 54.5 Å². The number of fused-ring (bicyclic) bond motifs is 1. The Hall–Kier alpha value is -3.87. The van der Waals surface area contributed by atoms with Crippen LogP contribution in [0.15, 0.2) is 48.6 Å². The average Bonchev–Trinajstić information content (AvgIpc) is 3.45. The van der Waals surface area contributed by atoms with Crippen LogP contribution in [0.1, 0.15) is 37.0 Å². The molecule has 2 aromatic rings. The molecule has 0 aromatic heterocycles. The van der Waals surface area contributed by atoms with E-state index in [1.807, 2.05) is 0 Å². The topological polar surface area (TPSA) is 97.3 Å². The number of rotatable bonds is 10. The Labute approximate surface area is 226 Å². The van der Waals surface area contributed by atoms with Crippen LogP contribution in [-0.2, 0) is 22.4 Å². The van der Waals surface area contributed by atoms with E-state index in [0.717, 1.165) is 23.1 Å². The van der Waals surface area contributed by atoms with Crippen molar-refractivity contribution in [2.45, 2.75) is 50.4 Å². The first-order chi connectivity index (χ1) is 18.8. The molecule has 2 aliphatic rings. The van der Waals surface area contributed by atoms with Gasteiger partial charge in [-0.2, -0.15) is 13.2 Å². The van der Waals surface area contributed by atoms with Crippen LogP contribution >= 0.6 is 0 Å². The van der Waals surface area contributed by atoms with Gasteiger partial charge in [-0.25, -0.2) is 13.6 Å². The standard InChI is InChI=1S/C27H27F5N2O6/c1-3-6-16-13-18(26(37,22(28)29)27(30,31)32)8-9-19(16)38-12-5-4-11-34-23(35)25(2,33-24(34)36)17-7-10-20-21(14-17)40-15-39-20/h4-5,7-10,13-14,22,37H,3,6,11-12,15H2,1-2H3,(H,33,36). The number of benzene rings is 2. The Bertz CT molecular complexity index is 1320. The lowest BCUT2D eigenvalue weighted by molar-refractivity contribution is -0.305. The van der Waals surface area contributed by atoms with E-state index in [9.17, 15) is 36.6 Å². The lowest BCUT2D eigenvalue weighted by Gasteiger charge is -2.30. The van der Waals surface area contributed by atoms with Crippen molar-refractivity contribution < 1.29 is 50.9 Å². The highest BCUT2D eigenvalue weighted by Crippen LogP contribution is 2.44. The Morgan fingerprint density at radius 2 is 1.85 bits per heavy atom. The van der Waals surface area contributed by atoms with Gasteiger partial charge in [0.2, 0.25) is 12.4 Å². The van der Waals surface area contributed by atoms with Gasteiger partial charge in [0.1, 0.15) is 17.9 Å². The van der Waals surface area contributed by atoms with Gasteiger partial charge >= 0.3 is 12.2 Å². The van der Waals surface area contributed by atoms with Crippen LogP contribution in [0.4, 0.5) is 26.7 Å². The predicted molar refractivity (Wildman–Crippen MR) is 131 cm³/mol. The largest absolute Gasteiger partial charge is 0.489 e. The summed E-state index contributed by atoms with van der Waals surface area (Å²) in [5.74, 6) is 0.660. The molecule has 8 nitrogen and oxygen atoms in total. The number of nitrogens with zero attached hydrogens (tertiary/aromatic N) is 1. The summed E-state index contributed by atoms with van der Waals surface area (Å²) >= 11 is 0. The zero-order valence-corrected chi connectivity index (χ0v) is 21.6. The van der Waals surface area contributed by atoms with Crippen molar-refractivity contribution in [1.29, 1.82) is 0 Å². The number of carbonyl (C=O) groups excluding carboxylic acids is 2. The summed E-state index contributed by atoms with van der Waals surface area (Å²) in [6.45, 7) is 3.21. The number of nitrogens with one attached hydrogen (secondary N) is 1. The molecule has 2 heterocycles. The molecular weight excluding hydrogens is 543 g/mol. The lowest BCUT2D eigenvalue weighted by Crippen LogP contribution is -2.48. The minimum atomic E-state index is -5.59. The SMILES string of the molecule is CCCc1cc(C(O)(C(F)F)C(F)(F)F)ccc1OCC=CCN1C(=O)NC(C)(c2ccc3c(c2)OCO3)C1=O. The maximum atomic E-state index is 13.3. The van der Waals surface area contributed by atoms with E-state index in [2.05, 4.69) is 5.32 Å². The summed E-state index contributed by atoms with van der Waals surface area (Å²) in [5.41, 5.74) is -5.89. The molecule has 0 bridgehead atoms. The highest BCUT2D eigenvalue weighted by molar-refractivity contribution is 6.07. The number of halogens is 5. The molecule has 216 valence electrons. The molecule has 1 fully saturated rings. The fourth-order valence-electron chi connectivity index (χ4n) is 4.49. The minimum absolute atomic E-state index is 0.0599. The summed E-state index contributed by atoms with van der Waals surface area (Å²) in [5, 5.41) is 12.5. The highest BCUT2D eigenvalue weighted by Gasteiger charge is 2.61. The molecule has 0 spiro atoms. The Kier molecular flexibility index (Phi) is 7.97.